The van der Waals surface area contributed by atoms with Crippen molar-refractivity contribution in [1.29, 1.82) is 0 Å². The lowest BCUT2D eigenvalue weighted by atomic mass is 10.2. The van der Waals surface area contributed by atoms with Crippen LogP contribution in [0.1, 0.15) is 35.6 Å². The lowest BCUT2D eigenvalue weighted by Gasteiger charge is -2.11. The first-order valence-corrected chi connectivity index (χ1v) is 8.06. The van der Waals surface area contributed by atoms with Gasteiger partial charge in [-0.05, 0) is 38.8 Å². The molecule has 6 heteroatoms. The highest BCUT2D eigenvalue weighted by Gasteiger charge is 2.23. The second kappa shape index (κ2) is 5.89. The molecular weight excluding hydrogens is 284 g/mol. The van der Waals surface area contributed by atoms with Gasteiger partial charge in [0.05, 0.1) is 17.9 Å². The maximum atomic E-state index is 11.7. The Labute approximate surface area is 128 Å². The zero-order valence-corrected chi connectivity index (χ0v) is 13.1. The van der Waals surface area contributed by atoms with Crippen molar-refractivity contribution >= 4 is 22.9 Å². The van der Waals surface area contributed by atoms with Crippen LogP contribution in [0.15, 0.2) is 24.5 Å². The monoisotopic (exact) mass is 304 g/mol. The van der Waals surface area contributed by atoms with Crippen molar-refractivity contribution in [2.24, 2.45) is 0 Å². The number of hydrogen-bond acceptors (Lipinski definition) is 4. The van der Waals surface area contributed by atoms with Gasteiger partial charge in [-0.15, -0.1) is 11.3 Å². The Morgan fingerprint density at radius 3 is 3.00 bits per heavy atom. The summed E-state index contributed by atoms with van der Waals surface area (Å²) >= 11 is 1.79. The Bertz CT molecular complexity index is 629. The maximum Gasteiger partial charge on any atom is 0.241 e. The van der Waals surface area contributed by atoms with E-state index >= 15 is 0 Å². The van der Waals surface area contributed by atoms with Gasteiger partial charge in [-0.1, -0.05) is 0 Å². The lowest BCUT2D eigenvalue weighted by Crippen LogP contribution is -2.29. The number of aromatic nitrogens is 2. The molecule has 2 N–H and O–H groups in total. The second-order valence-electron chi connectivity index (χ2n) is 5.58. The lowest BCUT2D eigenvalue weighted by molar-refractivity contribution is -0.122. The molecule has 1 fully saturated rings. The summed E-state index contributed by atoms with van der Waals surface area (Å²) in [6.45, 7) is 4.52. The van der Waals surface area contributed by atoms with Crippen molar-refractivity contribution in [3.8, 4) is 0 Å². The van der Waals surface area contributed by atoms with Gasteiger partial charge < -0.3 is 10.6 Å². The first-order chi connectivity index (χ1) is 10.1. The van der Waals surface area contributed by atoms with Crippen LogP contribution in [0.2, 0.25) is 0 Å². The van der Waals surface area contributed by atoms with Gasteiger partial charge in [0.1, 0.15) is 6.54 Å². The van der Waals surface area contributed by atoms with Crippen LogP contribution in [0.25, 0.3) is 0 Å². The number of aryl methyl sites for hydroxylation is 1. The molecule has 5 nitrogen and oxygen atoms in total. The van der Waals surface area contributed by atoms with E-state index < -0.39 is 0 Å². The number of carbonyl (C=O) groups excluding carboxylic acids is 1. The van der Waals surface area contributed by atoms with Gasteiger partial charge >= 0.3 is 0 Å². The number of anilines is 1. The summed E-state index contributed by atoms with van der Waals surface area (Å²) < 4.78 is 1.67. The van der Waals surface area contributed by atoms with Gasteiger partial charge in [-0.2, -0.15) is 5.10 Å². The number of rotatable bonds is 6. The van der Waals surface area contributed by atoms with Crippen molar-refractivity contribution in [2.75, 3.05) is 5.32 Å². The van der Waals surface area contributed by atoms with Crippen LogP contribution in [0.4, 0.5) is 5.69 Å². The summed E-state index contributed by atoms with van der Waals surface area (Å²) in [6.07, 6.45) is 5.86. The second-order valence-corrected chi connectivity index (χ2v) is 6.90. The third-order valence-corrected chi connectivity index (χ3v) is 4.64. The molecule has 1 aliphatic rings. The molecule has 1 unspecified atom stereocenters. The van der Waals surface area contributed by atoms with Crippen molar-refractivity contribution in [3.05, 3.63) is 34.3 Å². The molecule has 21 heavy (non-hydrogen) atoms. The summed E-state index contributed by atoms with van der Waals surface area (Å²) in [6, 6.07) is 4.91. The van der Waals surface area contributed by atoms with Crippen LogP contribution < -0.4 is 10.6 Å². The van der Waals surface area contributed by atoms with Gasteiger partial charge in [0.25, 0.3) is 0 Å². The smallest absolute Gasteiger partial charge is 0.241 e. The third-order valence-electron chi connectivity index (χ3n) is 3.45. The fraction of sp³-hybridized carbons (Fsp3) is 0.467. The van der Waals surface area contributed by atoms with Crippen LogP contribution in [-0.2, 0) is 11.3 Å². The van der Waals surface area contributed by atoms with E-state index in [2.05, 4.69) is 41.7 Å². The summed E-state index contributed by atoms with van der Waals surface area (Å²) in [5, 5.41) is 10.6. The molecule has 0 spiro atoms. The predicted molar refractivity (Wildman–Crippen MR) is 84.5 cm³/mol. The van der Waals surface area contributed by atoms with E-state index in [0.29, 0.717) is 6.04 Å². The Hall–Kier alpha value is -1.82. The van der Waals surface area contributed by atoms with E-state index in [1.165, 1.54) is 9.75 Å². The Balaban J connectivity index is 1.55. The molecule has 1 atom stereocenters. The number of carbonyl (C=O) groups is 1. The average Bonchev–Trinajstić information content (AvgIpc) is 2.95. The topological polar surface area (TPSA) is 59.0 Å². The fourth-order valence-electron chi connectivity index (χ4n) is 2.18. The molecular formula is C15H20N4OS. The molecule has 0 bridgehead atoms. The van der Waals surface area contributed by atoms with E-state index in [0.717, 1.165) is 18.5 Å². The highest BCUT2D eigenvalue weighted by atomic mass is 32.1. The summed E-state index contributed by atoms with van der Waals surface area (Å²) in [5.74, 6) is 0.0362. The molecule has 2 heterocycles. The minimum Gasteiger partial charge on any atom is -0.375 e. The number of nitrogens with zero attached hydrogens (tertiary/aromatic N) is 2. The minimum atomic E-state index is 0.0362. The van der Waals surface area contributed by atoms with Crippen LogP contribution in [0.3, 0.4) is 0 Å². The maximum absolute atomic E-state index is 11.7. The standard InChI is InChI=1S/C15H20N4OS/c1-10-3-6-14(21-10)11(2)17-13-7-16-19(8-13)9-15(20)18-12-4-5-12/h3,6-8,11-12,17H,4-5,9H2,1-2H3,(H,18,20). The van der Waals surface area contributed by atoms with E-state index in [9.17, 15) is 4.79 Å². The largest absolute Gasteiger partial charge is 0.375 e. The van der Waals surface area contributed by atoms with E-state index in [4.69, 9.17) is 0 Å². The number of thiophene rings is 1. The van der Waals surface area contributed by atoms with Crippen molar-refractivity contribution < 1.29 is 4.79 Å². The first-order valence-electron chi connectivity index (χ1n) is 7.25. The minimum absolute atomic E-state index is 0.0362. The SMILES string of the molecule is Cc1ccc(C(C)Nc2cnn(CC(=O)NC3CC3)c2)s1. The van der Waals surface area contributed by atoms with Crippen LogP contribution >= 0.6 is 11.3 Å². The summed E-state index contributed by atoms with van der Waals surface area (Å²) in [7, 11) is 0. The van der Waals surface area contributed by atoms with E-state index in [1.807, 2.05) is 6.20 Å². The Morgan fingerprint density at radius 1 is 1.52 bits per heavy atom. The molecule has 112 valence electrons. The number of hydrogen-bond donors (Lipinski definition) is 2. The molecule has 1 aliphatic carbocycles. The Morgan fingerprint density at radius 2 is 2.33 bits per heavy atom. The quantitative estimate of drug-likeness (QED) is 0.862. The zero-order chi connectivity index (χ0) is 14.8. The molecule has 2 aromatic rings. The number of amides is 1. The summed E-state index contributed by atoms with van der Waals surface area (Å²) in [4.78, 5) is 14.3. The van der Waals surface area contributed by atoms with Gasteiger partial charge in [-0.25, -0.2) is 0 Å². The van der Waals surface area contributed by atoms with Crippen molar-refractivity contribution in [1.82, 2.24) is 15.1 Å². The first kappa shape index (κ1) is 14.1. The van der Waals surface area contributed by atoms with Gasteiger partial charge in [0, 0.05) is 22.0 Å². The normalized spacial score (nSPS) is 15.7. The van der Waals surface area contributed by atoms with Crippen LogP contribution in [0.5, 0.6) is 0 Å². The highest BCUT2D eigenvalue weighted by Crippen LogP contribution is 2.25. The van der Waals surface area contributed by atoms with E-state index in [1.54, 1.807) is 22.2 Å². The molecule has 2 aromatic heterocycles. The highest BCUT2D eigenvalue weighted by molar-refractivity contribution is 7.12. The van der Waals surface area contributed by atoms with Crippen molar-refractivity contribution in [2.45, 2.75) is 45.3 Å². The van der Waals surface area contributed by atoms with E-state index in [-0.39, 0.29) is 18.5 Å². The van der Waals surface area contributed by atoms with Gasteiger partial charge in [-0.3, -0.25) is 9.48 Å². The van der Waals surface area contributed by atoms with Gasteiger partial charge in [0.15, 0.2) is 0 Å². The molecule has 0 aromatic carbocycles. The van der Waals surface area contributed by atoms with Crippen LogP contribution in [-0.4, -0.2) is 21.7 Å². The van der Waals surface area contributed by atoms with Crippen molar-refractivity contribution in [3.63, 3.8) is 0 Å². The van der Waals surface area contributed by atoms with Gasteiger partial charge in [0.2, 0.25) is 5.91 Å². The zero-order valence-electron chi connectivity index (χ0n) is 12.3. The van der Waals surface area contributed by atoms with Crippen LogP contribution in [0, 0.1) is 6.92 Å². The molecule has 0 radical (unpaired) electrons. The Kier molecular flexibility index (Phi) is 3.96. The fourth-order valence-corrected chi connectivity index (χ4v) is 3.06. The third kappa shape index (κ3) is 3.85. The number of nitrogens with one attached hydrogen (secondary N) is 2. The molecule has 1 saturated carbocycles. The molecule has 3 rings (SSSR count). The predicted octanol–water partition coefficient (Wildman–Crippen LogP) is 2.70. The molecule has 0 aliphatic heterocycles. The molecule has 1 amide bonds. The average molecular weight is 304 g/mol. The molecule has 0 saturated heterocycles. The summed E-state index contributed by atoms with van der Waals surface area (Å²) in [5.41, 5.74) is 0.938.